The lowest BCUT2D eigenvalue weighted by Gasteiger charge is -2.17. The summed E-state index contributed by atoms with van der Waals surface area (Å²) in [5.74, 6) is -0.302. The lowest BCUT2D eigenvalue weighted by molar-refractivity contribution is -0.129. The predicted octanol–water partition coefficient (Wildman–Crippen LogP) is 3.01. The van der Waals surface area contributed by atoms with Crippen LogP contribution in [0.1, 0.15) is 32.6 Å². The molecule has 2 rings (SSSR count). The van der Waals surface area contributed by atoms with Crippen LogP contribution in [0.25, 0.3) is 0 Å². The summed E-state index contributed by atoms with van der Waals surface area (Å²) in [6.07, 6.45) is 1.00. The van der Waals surface area contributed by atoms with Crippen molar-refractivity contribution in [2.75, 3.05) is 13.6 Å². The molecule has 1 aromatic carbocycles. The van der Waals surface area contributed by atoms with Gasteiger partial charge in [-0.2, -0.15) is 0 Å². The maximum Gasteiger partial charge on any atom is 0.261 e. The third-order valence-electron chi connectivity index (χ3n) is 3.64. The molecule has 2 amide bonds. The predicted molar refractivity (Wildman–Crippen MR) is 93.7 cm³/mol. The highest BCUT2D eigenvalue weighted by molar-refractivity contribution is 7.13. The van der Waals surface area contributed by atoms with Crippen LogP contribution in [0.3, 0.4) is 0 Å². The number of aryl methyl sites for hydroxylation is 2. The third kappa shape index (κ3) is 4.93. The van der Waals surface area contributed by atoms with Gasteiger partial charge in [0.1, 0.15) is 0 Å². The minimum Gasteiger partial charge on any atom is -0.342 e. The van der Waals surface area contributed by atoms with E-state index >= 15 is 0 Å². The fraction of sp³-hybridized carbons (Fsp3) is 0.333. The summed E-state index contributed by atoms with van der Waals surface area (Å²) >= 11 is 1.43. The summed E-state index contributed by atoms with van der Waals surface area (Å²) < 4.78 is 0. The van der Waals surface area contributed by atoms with Crippen LogP contribution in [0.5, 0.6) is 0 Å². The molecule has 0 saturated carbocycles. The zero-order valence-corrected chi connectivity index (χ0v) is 14.6. The lowest BCUT2D eigenvalue weighted by atomic mass is 10.1. The number of carbonyl (C=O) groups excluding carboxylic acids is 2. The largest absolute Gasteiger partial charge is 0.342 e. The SMILES string of the molecule is CCc1ccc(CN(C)C(=O)CNC(=O)c2ccc(C)s2)cc1. The molecule has 0 unspecified atom stereocenters. The average molecular weight is 330 g/mol. The molecule has 0 spiro atoms. The van der Waals surface area contributed by atoms with Crippen LogP contribution in [0.4, 0.5) is 0 Å². The second-order valence-electron chi connectivity index (χ2n) is 5.51. The van der Waals surface area contributed by atoms with E-state index in [-0.39, 0.29) is 18.4 Å². The van der Waals surface area contributed by atoms with Gasteiger partial charge in [0, 0.05) is 18.5 Å². The van der Waals surface area contributed by atoms with Gasteiger partial charge in [-0.3, -0.25) is 9.59 Å². The molecule has 122 valence electrons. The summed E-state index contributed by atoms with van der Waals surface area (Å²) in [6.45, 7) is 4.61. The van der Waals surface area contributed by atoms with Gasteiger partial charge in [-0.05, 0) is 36.6 Å². The molecule has 1 heterocycles. The van der Waals surface area contributed by atoms with Gasteiger partial charge in [-0.25, -0.2) is 0 Å². The first-order valence-corrected chi connectivity index (χ1v) is 8.47. The molecule has 4 nitrogen and oxygen atoms in total. The number of nitrogens with one attached hydrogen (secondary N) is 1. The highest BCUT2D eigenvalue weighted by Gasteiger charge is 2.13. The van der Waals surface area contributed by atoms with E-state index in [0.717, 1.165) is 16.9 Å². The molecule has 0 bridgehead atoms. The fourth-order valence-electron chi connectivity index (χ4n) is 2.18. The maximum absolute atomic E-state index is 12.1. The molecule has 0 atom stereocenters. The molecule has 0 aliphatic heterocycles. The molecule has 1 N–H and O–H groups in total. The van der Waals surface area contributed by atoms with Gasteiger partial charge < -0.3 is 10.2 Å². The number of nitrogens with zero attached hydrogens (tertiary/aromatic N) is 1. The van der Waals surface area contributed by atoms with Gasteiger partial charge in [-0.1, -0.05) is 31.2 Å². The Morgan fingerprint density at radius 2 is 1.74 bits per heavy atom. The Bertz CT molecular complexity index is 677. The molecule has 0 fully saturated rings. The van der Waals surface area contributed by atoms with E-state index in [2.05, 4.69) is 24.4 Å². The van der Waals surface area contributed by atoms with Gasteiger partial charge in [-0.15, -0.1) is 11.3 Å². The molecule has 0 radical (unpaired) electrons. The number of amides is 2. The number of hydrogen-bond acceptors (Lipinski definition) is 3. The van der Waals surface area contributed by atoms with Crippen molar-refractivity contribution in [3.8, 4) is 0 Å². The molecular formula is C18H22N2O2S. The molecule has 0 saturated heterocycles. The van der Waals surface area contributed by atoms with Crippen molar-refractivity contribution < 1.29 is 9.59 Å². The van der Waals surface area contributed by atoms with Crippen molar-refractivity contribution >= 4 is 23.2 Å². The van der Waals surface area contributed by atoms with E-state index in [0.29, 0.717) is 11.4 Å². The quantitative estimate of drug-likeness (QED) is 0.885. The van der Waals surface area contributed by atoms with Crippen LogP contribution in [-0.4, -0.2) is 30.3 Å². The summed E-state index contributed by atoms with van der Waals surface area (Å²) in [5.41, 5.74) is 2.36. The Morgan fingerprint density at radius 1 is 1.09 bits per heavy atom. The van der Waals surface area contributed by atoms with Crippen molar-refractivity contribution in [1.82, 2.24) is 10.2 Å². The highest BCUT2D eigenvalue weighted by Crippen LogP contribution is 2.14. The van der Waals surface area contributed by atoms with Crippen LogP contribution in [0.2, 0.25) is 0 Å². The van der Waals surface area contributed by atoms with E-state index in [1.165, 1.54) is 16.9 Å². The fourth-order valence-corrected chi connectivity index (χ4v) is 2.96. The topological polar surface area (TPSA) is 49.4 Å². The first-order chi connectivity index (χ1) is 11.0. The third-order valence-corrected chi connectivity index (χ3v) is 4.64. The van der Waals surface area contributed by atoms with Crippen LogP contribution in [0.15, 0.2) is 36.4 Å². The summed E-state index contributed by atoms with van der Waals surface area (Å²) in [7, 11) is 1.75. The van der Waals surface area contributed by atoms with Gasteiger partial charge in [0.15, 0.2) is 0 Å². The Morgan fingerprint density at radius 3 is 2.30 bits per heavy atom. The second-order valence-corrected chi connectivity index (χ2v) is 6.80. The first-order valence-electron chi connectivity index (χ1n) is 7.66. The van der Waals surface area contributed by atoms with Crippen molar-refractivity contribution in [1.29, 1.82) is 0 Å². The number of thiophene rings is 1. The Balaban J connectivity index is 1.83. The van der Waals surface area contributed by atoms with Crippen LogP contribution in [-0.2, 0) is 17.8 Å². The summed E-state index contributed by atoms with van der Waals surface area (Å²) in [4.78, 5) is 27.4. The Kier molecular flexibility index (Phi) is 5.93. The molecule has 0 aliphatic rings. The van der Waals surface area contributed by atoms with Gasteiger partial charge in [0.05, 0.1) is 11.4 Å². The van der Waals surface area contributed by atoms with E-state index in [1.54, 1.807) is 18.0 Å². The first kappa shape index (κ1) is 17.2. The monoisotopic (exact) mass is 330 g/mol. The molecule has 2 aromatic rings. The standard InChI is InChI=1S/C18H22N2O2S/c1-4-14-6-8-15(9-7-14)12-20(3)17(21)11-19-18(22)16-10-5-13(2)23-16/h5-10H,4,11-12H2,1-3H3,(H,19,22). The number of rotatable bonds is 6. The maximum atomic E-state index is 12.1. The van der Waals surface area contributed by atoms with E-state index in [9.17, 15) is 9.59 Å². The van der Waals surface area contributed by atoms with E-state index in [4.69, 9.17) is 0 Å². The zero-order chi connectivity index (χ0) is 16.8. The van der Waals surface area contributed by atoms with Crippen LogP contribution < -0.4 is 5.32 Å². The zero-order valence-electron chi connectivity index (χ0n) is 13.8. The van der Waals surface area contributed by atoms with Crippen molar-refractivity contribution in [3.05, 3.63) is 57.3 Å². The van der Waals surface area contributed by atoms with E-state index in [1.807, 2.05) is 25.1 Å². The lowest BCUT2D eigenvalue weighted by Crippen LogP contribution is -2.37. The summed E-state index contributed by atoms with van der Waals surface area (Å²) in [5, 5.41) is 2.68. The van der Waals surface area contributed by atoms with Gasteiger partial charge >= 0.3 is 0 Å². The number of hydrogen-bond donors (Lipinski definition) is 1. The Labute approximate surface area is 141 Å². The minimum atomic E-state index is -0.197. The summed E-state index contributed by atoms with van der Waals surface area (Å²) in [6, 6.07) is 11.9. The van der Waals surface area contributed by atoms with Crippen molar-refractivity contribution in [2.24, 2.45) is 0 Å². The molecule has 23 heavy (non-hydrogen) atoms. The van der Waals surface area contributed by atoms with Crippen molar-refractivity contribution in [2.45, 2.75) is 26.8 Å². The normalized spacial score (nSPS) is 10.4. The molecule has 5 heteroatoms. The molecule has 1 aromatic heterocycles. The van der Waals surface area contributed by atoms with Gasteiger partial charge in [0.25, 0.3) is 5.91 Å². The Hall–Kier alpha value is -2.14. The van der Waals surface area contributed by atoms with Gasteiger partial charge in [0.2, 0.25) is 5.91 Å². The smallest absolute Gasteiger partial charge is 0.261 e. The highest BCUT2D eigenvalue weighted by atomic mass is 32.1. The number of carbonyl (C=O) groups is 2. The van der Waals surface area contributed by atoms with Crippen LogP contribution >= 0.6 is 11.3 Å². The molecule has 0 aliphatic carbocycles. The second kappa shape index (κ2) is 7.92. The van der Waals surface area contributed by atoms with Crippen molar-refractivity contribution in [3.63, 3.8) is 0 Å². The number of likely N-dealkylation sites (N-methyl/N-ethyl adjacent to an activating group) is 1. The van der Waals surface area contributed by atoms with Crippen LogP contribution in [0, 0.1) is 6.92 Å². The molecular weight excluding hydrogens is 308 g/mol. The average Bonchev–Trinajstić information content (AvgIpc) is 2.99. The van der Waals surface area contributed by atoms with E-state index < -0.39 is 0 Å². The number of benzene rings is 1. The minimum absolute atomic E-state index is 0.0132.